The van der Waals surface area contributed by atoms with Gasteiger partial charge in [-0.15, -0.1) is 0 Å². The first kappa shape index (κ1) is 55.4. The molecule has 3 aliphatic heterocycles. The number of carbonyl (C=O) groups excluding carboxylic acids is 3. The lowest BCUT2D eigenvalue weighted by Crippen LogP contribution is -2.47. The van der Waals surface area contributed by atoms with E-state index in [9.17, 15) is 18.0 Å². The summed E-state index contributed by atoms with van der Waals surface area (Å²) < 4.78 is 67.9. The summed E-state index contributed by atoms with van der Waals surface area (Å²) in [5.74, 6) is -2.38. The van der Waals surface area contributed by atoms with Gasteiger partial charge in [-0.2, -0.15) is 17.8 Å². The van der Waals surface area contributed by atoms with Crippen LogP contribution >= 0.6 is 0 Å². The standard InChI is InChI=1S/C64H62F2N12O5S/c1-3-74(2)84(82,83)73-52-26-25-51(65)57(58(52)66)60(80)56-49-20-13-34-68-62(49)78(64(44-14-7-4-8-15-44,45-16-9-5-10-17-45)46-18-11-6-12-19-46)59(56)50-40-67-41-69-61(50)76-37-31-48(32-38-76)77-39-33-54(72-77)75-35-29-43(30-36-75)42-21-23-47(24-22-42)70-53-27-28-55(79)71-63(53)81/h4-26,33-34,39-41,43,48,53,70,73H,3,27-32,35-38H2,1-2H3,(H,71,79,81). The minimum absolute atomic E-state index is 0.0487. The van der Waals surface area contributed by atoms with E-state index in [0.717, 1.165) is 70.6 Å². The number of nitrogens with zero attached hydrogens (tertiary/aromatic N) is 9. The van der Waals surface area contributed by atoms with Gasteiger partial charge >= 0.3 is 10.2 Å². The van der Waals surface area contributed by atoms with Crippen LogP contribution in [0.25, 0.3) is 22.3 Å². The molecule has 428 valence electrons. The van der Waals surface area contributed by atoms with Crippen LogP contribution in [-0.4, -0.2) is 105 Å². The number of imide groups is 1. The maximum Gasteiger partial charge on any atom is 0.301 e. The normalized spacial score (nSPS) is 16.5. The minimum atomic E-state index is -4.31. The molecule has 2 amide bonds. The summed E-state index contributed by atoms with van der Waals surface area (Å²) in [4.78, 5) is 59.0. The maximum absolute atomic E-state index is 17.3. The molecule has 0 bridgehead atoms. The SMILES string of the molecule is CCN(C)S(=O)(=O)Nc1ccc(F)c(C(=O)c2c(-c3cncnc3N3CCC(n4ccc(N5CCC(c6ccc(NC7CCC(=O)NC7=O)cc6)CC5)n4)CC3)n(C(c3ccccc3)(c3ccccc3)c3ccccc3)c3ncccc23)c1F. The van der Waals surface area contributed by atoms with Crippen LogP contribution in [0.1, 0.15) is 95.6 Å². The Hall–Kier alpha value is -9.14. The quantitative estimate of drug-likeness (QED) is 0.0445. The molecule has 12 rings (SSSR count). The molecule has 9 aromatic rings. The number of amides is 2. The minimum Gasteiger partial charge on any atom is -0.374 e. The Bertz CT molecular complexity index is 3910. The van der Waals surface area contributed by atoms with Crippen LogP contribution in [0.15, 0.2) is 171 Å². The van der Waals surface area contributed by atoms with Gasteiger partial charge in [0, 0.05) is 81.9 Å². The largest absolute Gasteiger partial charge is 0.374 e. The van der Waals surface area contributed by atoms with E-state index in [2.05, 4.69) is 53.0 Å². The lowest BCUT2D eigenvalue weighted by molar-refractivity contribution is -0.133. The van der Waals surface area contributed by atoms with Crippen LogP contribution < -0.4 is 25.2 Å². The number of pyridine rings is 1. The average Bonchev–Trinajstić information content (AvgIpc) is 1.57. The van der Waals surface area contributed by atoms with Gasteiger partial charge in [0.1, 0.15) is 35.2 Å². The first-order chi connectivity index (χ1) is 40.8. The van der Waals surface area contributed by atoms with Gasteiger partial charge in [0.15, 0.2) is 11.6 Å². The fourth-order valence-corrected chi connectivity index (χ4v) is 13.2. The maximum atomic E-state index is 17.3. The second-order valence-corrected chi connectivity index (χ2v) is 23.3. The molecular formula is C64H62F2N12O5S. The predicted octanol–water partition coefficient (Wildman–Crippen LogP) is 10.1. The van der Waals surface area contributed by atoms with E-state index < -0.39 is 50.5 Å². The van der Waals surface area contributed by atoms with Crippen LogP contribution in [0.5, 0.6) is 0 Å². The molecule has 20 heteroatoms. The van der Waals surface area contributed by atoms with Crippen LogP contribution in [0, 0.1) is 11.6 Å². The summed E-state index contributed by atoms with van der Waals surface area (Å²) >= 11 is 0. The number of nitrogens with one attached hydrogen (secondary N) is 3. The fraction of sp³-hybridized carbons (Fsp3) is 0.266. The van der Waals surface area contributed by atoms with E-state index in [1.54, 1.807) is 31.5 Å². The van der Waals surface area contributed by atoms with E-state index in [-0.39, 0.29) is 41.0 Å². The highest BCUT2D eigenvalue weighted by Crippen LogP contribution is 2.50. The molecule has 84 heavy (non-hydrogen) atoms. The third-order valence-electron chi connectivity index (χ3n) is 16.7. The summed E-state index contributed by atoms with van der Waals surface area (Å²) in [7, 11) is -2.99. The number of fused-ring (bicyclic) bond motifs is 1. The third-order valence-corrected chi connectivity index (χ3v) is 18.3. The molecule has 0 radical (unpaired) electrons. The summed E-state index contributed by atoms with van der Waals surface area (Å²) in [5, 5.41) is 11.1. The smallest absolute Gasteiger partial charge is 0.301 e. The zero-order valence-electron chi connectivity index (χ0n) is 46.4. The second-order valence-electron chi connectivity index (χ2n) is 21.5. The molecule has 7 heterocycles. The Balaban J connectivity index is 0.894. The monoisotopic (exact) mass is 1150 g/mol. The molecule has 3 aliphatic rings. The van der Waals surface area contributed by atoms with E-state index in [1.165, 1.54) is 18.9 Å². The van der Waals surface area contributed by atoms with Gasteiger partial charge in [-0.05, 0) is 96.7 Å². The van der Waals surface area contributed by atoms with Gasteiger partial charge in [0.2, 0.25) is 17.6 Å². The van der Waals surface area contributed by atoms with E-state index in [4.69, 9.17) is 15.1 Å². The molecule has 17 nitrogen and oxygen atoms in total. The Labute approximate surface area is 485 Å². The van der Waals surface area contributed by atoms with Gasteiger partial charge in [0.25, 0.3) is 0 Å². The Morgan fingerprint density at radius 1 is 0.750 bits per heavy atom. The molecule has 0 saturated carbocycles. The van der Waals surface area contributed by atoms with Crippen molar-refractivity contribution in [2.45, 2.75) is 69.0 Å². The summed E-state index contributed by atoms with van der Waals surface area (Å²) in [6.45, 7) is 4.40. The van der Waals surface area contributed by atoms with Crippen molar-refractivity contribution in [1.82, 2.24) is 38.9 Å². The van der Waals surface area contributed by atoms with Gasteiger partial charge in [-0.25, -0.2) is 23.7 Å². The van der Waals surface area contributed by atoms with Crippen molar-refractivity contribution in [2.75, 3.05) is 59.6 Å². The van der Waals surface area contributed by atoms with Crippen molar-refractivity contribution in [3.8, 4) is 11.3 Å². The molecular weight excluding hydrogens is 1090 g/mol. The molecule has 0 aliphatic carbocycles. The number of anilines is 4. The summed E-state index contributed by atoms with van der Waals surface area (Å²) in [6.07, 6.45) is 10.8. The summed E-state index contributed by atoms with van der Waals surface area (Å²) in [6, 6.07) is 44.6. The highest BCUT2D eigenvalue weighted by atomic mass is 32.2. The highest BCUT2D eigenvalue weighted by Gasteiger charge is 2.45. The van der Waals surface area contributed by atoms with Gasteiger partial charge < -0.3 is 19.7 Å². The van der Waals surface area contributed by atoms with Crippen LogP contribution in [0.2, 0.25) is 0 Å². The van der Waals surface area contributed by atoms with Crippen molar-refractivity contribution < 1.29 is 31.6 Å². The zero-order chi connectivity index (χ0) is 58.1. The van der Waals surface area contributed by atoms with Gasteiger partial charge in [-0.1, -0.05) is 110 Å². The number of ketones is 1. The van der Waals surface area contributed by atoms with Gasteiger partial charge in [-0.3, -0.25) is 29.1 Å². The summed E-state index contributed by atoms with van der Waals surface area (Å²) in [5.41, 5.74) is 2.41. The highest BCUT2D eigenvalue weighted by molar-refractivity contribution is 7.90. The second kappa shape index (κ2) is 23.3. The first-order valence-corrected chi connectivity index (χ1v) is 29.8. The van der Waals surface area contributed by atoms with E-state index >= 15 is 13.6 Å². The number of benzene rings is 5. The van der Waals surface area contributed by atoms with Crippen LogP contribution in [0.4, 0.5) is 31.8 Å². The number of rotatable bonds is 17. The van der Waals surface area contributed by atoms with Crippen molar-refractivity contribution >= 4 is 61.9 Å². The van der Waals surface area contributed by atoms with E-state index in [1.807, 2.05) is 114 Å². The third kappa shape index (κ3) is 10.3. The number of carbonyl (C=O) groups is 3. The topological polar surface area (TPSA) is 193 Å². The van der Waals surface area contributed by atoms with Crippen molar-refractivity contribution in [1.29, 1.82) is 0 Å². The average molecular weight is 1150 g/mol. The molecule has 1 atom stereocenters. The van der Waals surface area contributed by atoms with Crippen LogP contribution in [-0.2, 0) is 25.3 Å². The Morgan fingerprint density at radius 3 is 2.02 bits per heavy atom. The molecule has 5 aromatic carbocycles. The number of hydrogen-bond acceptors (Lipinski definition) is 12. The molecule has 3 fully saturated rings. The zero-order valence-corrected chi connectivity index (χ0v) is 47.2. The lowest BCUT2D eigenvalue weighted by atomic mass is 9.76. The Morgan fingerprint density at radius 2 is 1.39 bits per heavy atom. The van der Waals surface area contributed by atoms with E-state index in [0.29, 0.717) is 61.7 Å². The van der Waals surface area contributed by atoms with Crippen molar-refractivity contribution in [3.63, 3.8) is 0 Å². The van der Waals surface area contributed by atoms with Crippen molar-refractivity contribution in [2.24, 2.45) is 0 Å². The molecule has 0 spiro atoms. The van der Waals surface area contributed by atoms with Crippen molar-refractivity contribution in [3.05, 3.63) is 216 Å². The Kier molecular flexibility index (Phi) is 15.3. The number of piperidine rings is 3. The van der Waals surface area contributed by atoms with Crippen LogP contribution in [0.3, 0.4) is 0 Å². The number of aromatic nitrogens is 6. The molecule has 4 aromatic heterocycles. The molecule has 3 saturated heterocycles. The molecule has 1 unspecified atom stereocenters. The molecule has 3 N–H and O–H groups in total. The van der Waals surface area contributed by atoms with Gasteiger partial charge in [0.05, 0.1) is 34.1 Å². The number of hydrogen-bond donors (Lipinski definition) is 3. The predicted molar refractivity (Wildman–Crippen MR) is 319 cm³/mol. The fourth-order valence-electron chi connectivity index (χ4n) is 12.3. The number of halogens is 2. The lowest BCUT2D eigenvalue weighted by Gasteiger charge is -2.40. The first-order valence-electron chi connectivity index (χ1n) is 28.3.